The van der Waals surface area contributed by atoms with Crippen molar-refractivity contribution in [1.82, 2.24) is 34.6 Å². The SMILES string of the molecule is CCCC(C(=O)NC=O)N1C(=O)c2ccc(N3CCC(CN4CCC(N5Cc6cc(NC(=O)c7cnn8cc(Cl)cnc78)c(N7CCOCC7)cc6C5=O)CC4)CC3)cc2C1=O. The van der Waals surface area contributed by atoms with E-state index in [2.05, 4.69) is 35.4 Å². The summed E-state index contributed by atoms with van der Waals surface area (Å²) in [5, 5.41) is 9.88. The molecule has 0 spiro atoms. The van der Waals surface area contributed by atoms with E-state index in [0.29, 0.717) is 72.7 Å². The fourth-order valence-corrected chi connectivity index (χ4v) is 9.86. The smallest absolute Gasteiger partial charge is 0.262 e. The number of piperidine rings is 2. The maximum absolute atomic E-state index is 14.1. The Balaban J connectivity index is 0.802. The van der Waals surface area contributed by atoms with Crippen LogP contribution in [0.3, 0.4) is 0 Å². The van der Waals surface area contributed by atoms with Crippen LogP contribution in [0.2, 0.25) is 5.02 Å². The first kappa shape index (κ1) is 41.4. The van der Waals surface area contributed by atoms with Gasteiger partial charge in [-0.05, 0) is 73.9 Å². The number of ether oxygens (including phenoxy) is 1. The highest BCUT2D eigenvalue weighted by atomic mass is 35.5. The van der Waals surface area contributed by atoms with Crippen molar-refractivity contribution in [1.29, 1.82) is 0 Å². The monoisotopic (exact) mass is 864 g/mol. The molecule has 4 aromatic rings. The number of likely N-dealkylation sites (tertiary alicyclic amines) is 1. The van der Waals surface area contributed by atoms with Crippen LogP contribution in [-0.4, -0.2) is 136 Å². The van der Waals surface area contributed by atoms with Gasteiger partial charge in [-0.15, -0.1) is 0 Å². The molecule has 0 radical (unpaired) electrons. The number of imide groups is 2. The molecule has 5 aliphatic rings. The van der Waals surface area contributed by atoms with Crippen molar-refractivity contribution in [3.63, 3.8) is 0 Å². The zero-order chi connectivity index (χ0) is 43.1. The molecule has 2 N–H and O–H groups in total. The number of rotatable bonds is 12. The molecule has 0 aliphatic carbocycles. The van der Waals surface area contributed by atoms with Crippen molar-refractivity contribution >= 4 is 70.3 Å². The summed E-state index contributed by atoms with van der Waals surface area (Å²) in [4.78, 5) is 92.3. The first-order valence-corrected chi connectivity index (χ1v) is 21.8. The van der Waals surface area contributed by atoms with Gasteiger partial charge in [0.2, 0.25) is 12.3 Å². The number of carbonyl (C=O) groups is 6. The second-order valence-electron chi connectivity index (χ2n) is 16.7. The van der Waals surface area contributed by atoms with E-state index in [0.717, 1.165) is 80.2 Å². The average molecular weight is 865 g/mol. The molecule has 324 valence electrons. The third kappa shape index (κ3) is 7.88. The topological polar surface area (TPSA) is 182 Å². The summed E-state index contributed by atoms with van der Waals surface area (Å²) < 4.78 is 7.09. The van der Waals surface area contributed by atoms with E-state index in [9.17, 15) is 28.8 Å². The van der Waals surface area contributed by atoms with Crippen molar-refractivity contribution in [3.8, 4) is 0 Å². The van der Waals surface area contributed by atoms with Crippen molar-refractivity contribution in [2.75, 3.05) is 74.1 Å². The first-order valence-electron chi connectivity index (χ1n) is 21.5. The molecule has 3 fully saturated rings. The molecule has 62 heavy (non-hydrogen) atoms. The van der Waals surface area contributed by atoms with Gasteiger partial charge in [0, 0.05) is 75.8 Å². The molecule has 2 aromatic carbocycles. The van der Waals surface area contributed by atoms with Crippen molar-refractivity contribution in [3.05, 3.63) is 81.8 Å². The Morgan fingerprint density at radius 3 is 2.40 bits per heavy atom. The molecule has 6 amide bonds. The van der Waals surface area contributed by atoms with Gasteiger partial charge < -0.3 is 29.7 Å². The number of nitrogens with zero attached hydrogens (tertiary/aromatic N) is 8. The number of amides is 6. The van der Waals surface area contributed by atoms with Crippen LogP contribution >= 0.6 is 11.6 Å². The third-order valence-electron chi connectivity index (χ3n) is 13.0. The number of morpholine rings is 1. The second kappa shape index (κ2) is 17.5. The summed E-state index contributed by atoms with van der Waals surface area (Å²) >= 11 is 6.09. The first-order chi connectivity index (χ1) is 30.1. The molecular weight excluding hydrogens is 816 g/mol. The van der Waals surface area contributed by atoms with Crippen LogP contribution in [0, 0.1) is 5.92 Å². The van der Waals surface area contributed by atoms with Gasteiger partial charge in [0.1, 0.15) is 11.6 Å². The van der Waals surface area contributed by atoms with E-state index in [4.69, 9.17) is 16.3 Å². The summed E-state index contributed by atoms with van der Waals surface area (Å²) in [6, 6.07) is 8.24. The lowest BCUT2D eigenvalue weighted by molar-refractivity contribution is -0.128. The summed E-state index contributed by atoms with van der Waals surface area (Å²) in [5.41, 5.74) is 5.11. The minimum absolute atomic E-state index is 0.0245. The van der Waals surface area contributed by atoms with Gasteiger partial charge in [-0.1, -0.05) is 24.9 Å². The molecule has 1 atom stereocenters. The van der Waals surface area contributed by atoms with Crippen LogP contribution in [0.15, 0.2) is 48.9 Å². The predicted molar refractivity (Wildman–Crippen MR) is 230 cm³/mol. The van der Waals surface area contributed by atoms with Crippen LogP contribution in [0.25, 0.3) is 5.65 Å². The fourth-order valence-electron chi connectivity index (χ4n) is 9.72. The Labute approximate surface area is 363 Å². The highest BCUT2D eigenvalue weighted by Gasteiger charge is 2.43. The molecule has 0 bridgehead atoms. The average Bonchev–Trinajstić information content (AvgIpc) is 3.93. The normalized spacial score (nSPS) is 19.3. The van der Waals surface area contributed by atoms with Gasteiger partial charge in [-0.2, -0.15) is 5.10 Å². The zero-order valence-corrected chi connectivity index (χ0v) is 35.3. The lowest BCUT2D eigenvalue weighted by Crippen LogP contribution is -2.49. The van der Waals surface area contributed by atoms with E-state index >= 15 is 0 Å². The Hall–Kier alpha value is -5.91. The van der Waals surface area contributed by atoms with E-state index in [-0.39, 0.29) is 41.8 Å². The minimum atomic E-state index is -1.05. The summed E-state index contributed by atoms with van der Waals surface area (Å²) in [6.07, 6.45) is 9.35. The van der Waals surface area contributed by atoms with E-state index in [1.807, 2.05) is 30.0 Å². The molecule has 5 aliphatic heterocycles. The number of halogens is 1. The number of nitrogens with one attached hydrogen (secondary N) is 2. The van der Waals surface area contributed by atoms with Crippen LogP contribution in [0.1, 0.15) is 92.4 Å². The maximum atomic E-state index is 14.1. The maximum Gasteiger partial charge on any atom is 0.262 e. The second-order valence-corrected chi connectivity index (χ2v) is 17.2. The number of fused-ring (bicyclic) bond motifs is 3. The number of hydrogen-bond donors (Lipinski definition) is 2. The number of benzene rings is 2. The van der Waals surface area contributed by atoms with E-state index < -0.39 is 23.8 Å². The van der Waals surface area contributed by atoms with Crippen molar-refractivity contribution < 1.29 is 33.5 Å². The van der Waals surface area contributed by atoms with Crippen LogP contribution in [0.5, 0.6) is 0 Å². The molecular formula is C44H49ClN10O7. The highest BCUT2D eigenvalue weighted by molar-refractivity contribution is 6.30. The van der Waals surface area contributed by atoms with Crippen LogP contribution in [-0.2, 0) is 20.9 Å². The molecule has 9 rings (SSSR count). The molecule has 18 heteroatoms. The Morgan fingerprint density at radius 2 is 1.66 bits per heavy atom. The highest BCUT2D eigenvalue weighted by Crippen LogP contribution is 2.38. The summed E-state index contributed by atoms with van der Waals surface area (Å²) in [6.45, 7) is 9.09. The number of hydrogen-bond acceptors (Lipinski definition) is 12. The molecule has 3 saturated heterocycles. The zero-order valence-electron chi connectivity index (χ0n) is 34.6. The quantitative estimate of drug-likeness (QED) is 0.155. The van der Waals surface area contributed by atoms with Gasteiger partial charge in [0.15, 0.2) is 5.65 Å². The van der Waals surface area contributed by atoms with Crippen LogP contribution < -0.4 is 20.4 Å². The molecule has 1 unspecified atom stereocenters. The lowest BCUT2D eigenvalue weighted by Gasteiger charge is -2.40. The van der Waals surface area contributed by atoms with Gasteiger partial charge in [0.25, 0.3) is 23.6 Å². The molecule has 0 saturated carbocycles. The minimum Gasteiger partial charge on any atom is -0.378 e. The van der Waals surface area contributed by atoms with Gasteiger partial charge in [0.05, 0.1) is 53.1 Å². The summed E-state index contributed by atoms with van der Waals surface area (Å²) in [7, 11) is 0. The van der Waals surface area contributed by atoms with E-state index in [1.54, 1.807) is 18.3 Å². The molecule has 7 heterocycles. The molecule has 17 nitrogen and oxygen atoms in total. The Morgan fingerprint density at radius 1 is 0.903 bits per heavy atom. The number of aromatic nitrogens is 3. The van der Waals surface area contributed by atoms with Crippen LogP contribution in [0.4, 0.5) is 17.1 Å². The van der Waals surface area contributed by atoms with Gasteiger partial charge in [-0.25, -0.2) is 9.50 Å². The number of anilines is 3. The largest absolute Gasteiger partial charge is 0.378 e. The Bertz CT molecular complexity index is 2440. The molecule has 2 aromatic heterocycles. The predicted octanol–water partition coefficient (Wildman–Crippen LogP) is 3.85. The van der Waals surface area contributed by atoms with Gasteiger partial charge in [-0.3, -0.25) is 39.0 Å². The fraction of sp³-hybridized carbons (Fsp3) is 0.455. The Kier molecular flexibility index (Phi) is 11.7. The summed E-state index contributed by atoms with van der Waals surface area (Å²) in [5.74, 6) is -1.52. The van der Waals surface area contributed by atoms with Gasteiger partial charge >= 0.3 is 0 Å². The van der Waals surface area contributed by atoms with E-state index in [1.165, 1.54) is 16.9 Å². The standard InChI is InChI=1S/C44H49ClN10O7/c1-2-3-37(41(58)47-26-56)55-43(60)32-5-4-31(19-34(32)44(55)61)51-12-6-27(7-13-51)23-50-10-8-30(9-11-50)53-24-28-18-36(38(20-33(28)42(53)59)52-14-16-62-17-15-52)49-40(57)35-22-48-54-25-29(45)21-46-39(35)54/h4-5,18-22,25-27,30,37H,2-3,6-17,23-24H2,1H3,(H,49,57)(H,47,56,58). The van der Waals surface area contributed by atoms with Crippen molar-refractivity contribution in [2.45, 2.75) is 64.1 Å². The van der Waals surface area contributed by atoms with Crippen molar-refractivity contribution in [2.24, 2.45) is 5.92 Å². The lowest BCUT2D eigenvalue weighted by atomic mass is 9.94. The third-order valence-corrected chi connectivity index (χ3v) is 13.2. The number of carbonyl (C=O) groups excluding carboxylic acids is 6.